The molecule has 0 heterocycles. The van der Waals surface area contributed by atoms with Gasteiger partial charge in [0.25, 0.3) is 0 Å². The number of hydrogen-bond donors (Lipinski definition) is 0. The van der Waals surface area contributed by atoms with E-state index >= 15 is 0 Å². The van der Waals surface area contributed by atoms with Crippen molar-refractivity contribution in [2.24, 2.45) is 0 Å². The third-order valence-electron chi connectivity index (χ3n) is 1.11. The van der Waals surface area contributed by atoms with E-state index in [1.807, 2.05) is 0 Å². The molecular weight excluding hydrogens is 301 g/mol. The number of halogens is 5. The normalized spacial score (nSPS) is 8.20. The van der Waals surface area contributed by atoms with Crippen LogP contribution in [0.15, 0.2) is 6.07 Å². The van der Waals surface area contributed by atoms with Crippen molar-refractivity contribution in [3.8, 4) is 12.1 Å². The zero-order valence-corrected chi connectivity index (χ0v) is 10.6. The lowest BCUT2D eigenvalue weighted by Crippen LogP contribution is -1.75. The van der Waals surface area contributed by atoms with Gasteiger partial charge < -0.3 is 0 Å². The van der Waals surface area contributed by atoms with Gasteiger partial charge in [-0.3, -0.25) is 0 Å². The van der Waals surface area contributed by atoms with Gasteiger partial charge in [0.2, 0.25) is 0 Å². The highest BCUT2D eigenvalue weighted by molar-refractivity contribution is 6.54. The topological polar surface area (TPSA) is 47.6 Å². The summed E-state index contributed by atoms with van der Waals surface area (Å²) in [4.78, 5) is 0. The molecule has 0 radical (unpaired) electrons. The van der Waals surface area contributed by atoms with Crippen LogP contribution in [0.3, 0.4) is 0 Å². The van der Waals surface area contributed by atoms with Gasteiger partial charge >= 0.3 is 0 Å². The Hall–Kier alpha value is -0.350. The fourth-order valence-electron chi connectivity index (χ4n) is 0.544. The maximum Gasteiger partial charge on any atom is 0.181 e. The largest absolute Gasteiger partial charge is 0.181 e. The van der Waals surface area contributed by atoms with E-state index in [9.17, 15) is 0 Å². The predicted molar refractivity (Wildman–Crippen MR) is 62.7 cm³/mol. The minimum Gasteiger partial charge on any atom is -0.181 e. The molecule has 1 aromatic carbocycles. The van der Waals surface area contributed by atoms with Crippen molar-refractivity contribution in [2.75, 3.05) is 0 Å². The molecule has 0 saturated heterocycles. The van der Waals surface area contributed by atoms with Gasteiger partial charge in [-0.05, 0) is 6.07 Å². The minimum atomic E-state index is 0.186. The number of hydrogen-bond acceptors (Lipinski definition) is 2. The molecule has 0 fully saturated rings. The molecule has 0 aliphatic rings. The molecule has 15 heavy (non-hydrogen) atoms. The van der Waals surface area contributed by atoms with Crippen LogP contribution in [0.2, 0.25) is 25.1 Å². The summed E-state index contributed by atoms with van der Waals surface area (Å²) in [5.41, 5.74) is 0. The van der Waals surface area contributed by atoms with Crippen molar-refractivity contribution in [3.63, 3.8) is 0 Å². The summed E-state index contributed by atoms with van der Waals surface area (Å²) >= 11 is 28.2. The van der Waals surface area contributed by atoms with Crippen molar-refractivity contribution >= 4 is 58.0 Å². The molecule has 1 aromatic rings. The van der Waals surface area contributed by atoms with Crippen molar-refractivity contribution in [1.29, 1.82) is 10.5 Å². The average Bonchev–Trinajstić information content (AvgIpc) is 2.24. The third kappa shape index (κ3) is 4.34. The second-order valence-electron chi connectivity index (χ2n) is 2.01. The first-order chi connectivity index (χ1) is 6.95. The van der Waals surface area contributed by atoms with Crippen molar-refractivity contribution in [3.05, 3.63) is 31.2 Å². The molecule has 78 valence electrons. The molecule has 0 aliphatic carbocycles. The van der Waals surface area contributed by atoms with Crippen molar-refractivity contribution in [2.45, 2.75) is 0 Å². The minimum absolute atomic E-state index is 0.186. The van der Waals surface area contributed by atoms with Crippen LogP contribution in [0.4, 0.5) is 0 Å². The van der Waals surface area contributed by atoms with E-state index in [1.165, 1.54) is 18.2 Å². The number of nitrogens with zero attached hydrogens (tertiary/aromatic N) is 2. The number of rotatable bonds is 0. The SMILES string of the molecule is Clc1cc(Cl)c(Cl)c(Cl)c1Cl.N#CC#N. The molecular formula is C8HCl5N2. The standard InChI is InChI=1S/C6HCl5.C2N2/c7-2-1-3(8)5(10)6(11)4(2)9;3-1-2-4/h1H;. The Morgan fingerprint density at radius 1 is 0.733 bits per heavy atom. The van der Waals surface area contributed by atoms with E-state index in [1.54, 1.807) is 0 Å². The van der Waals surface area contributed by atoms with Crippen LogP contribution in [-0.4, -0.2) is 0 Å². The molecule has 0 aromatic heterocycles. The maximum absolute atomic E-state index is 7.26. The molecule has 0 bridgehead atoms. The first kappa shape index (κ1) is 14.6. The summed E-state index contributed by atoms with van der Waals surface area (Å²) in [6.07, 6.45) is 0. The summed E-state index contributed by atoms with van der Waals surface area (Å²) in [5, 5.41) is 15.8. The molecule has 0 unspecified atom stereocenters. The van der Waals surface area contributed by atoms with Crippen LogP contribution in [0.1, 0.15) is 0 Å². The lowest BCUT2D eigenvalue weighted by molar-refractivity contribution is 1.49. The summed E-state index contributed by atoms with van der Waals surface area (Å²) in [5.74, 6) is 0. The van der Waals surface area contributed by atoms with Gasteiger partial charge in [0, 0.05) is 0 Å². The molecule has 0 spiro atoms. The average molecular weight is 302 g/mol. The molecule has 7 heteroatoms. The van der Waals surface area contributed by atoms with Crippen LogP contribution in [-0.2, 0) is 0 Å². The molecule has 0 amide bonds. The van der Waals surface area contributed by atoms with Crippen LogP contribution >= 0.6 is 58.0 Å². The van der Waals surface area contributed by atoms with Crippen LogP contribution in [0, 0.1) is 22.7 Å². The quantitative estimate of drug-likeness (QED) is 0.501. The highest BCUT2D eigenvalue weighted by atomic mass is 35.5. The molecule has 0 saturated carbocycles. The summed E-state index contributed by atoms with van der Waals surface area (Å²) in [6.45, 7) is 0. The van der Waals surface area contributed by atoms with Gasteiger partial charge in [-0.15, -0.1) is 0 Å². The Bertz CT molecular complexity index is 406. The fourth-order valence-corrected chi connectivity index (χ4v) is 1.65. The van der Waals surface area contributed by atoms with Crippen LogP contribution in [0.25, 0.3) is 0 Å². The molecule has 1 rings (SSSR count). The Morgan fingerprint density at radius 3 is 1.33 bits per heavy atom. The maximum atomic E-state index is 7.26. The summed E-state index contributed by atoms with van der Waals surface area (Å²) in [6, 6.07) is 3.92. The fraction of sp³-hybridized carbons (Fsp3) is 0. The van der Waals surface area contributed by atoms with Gasteiger partial charge in [-0.1, -0.05) is 58.0 Å². The van der Waals surface area contributed by atoms with Gasteiger partial charge in [0.1, 0.15) is 0 Å². The second-order valence-corrected chi connectivity index (χ2v) is 3.95. The van der Waals surface area contributed by atoms with Gasteiger partial charge in [-0.2, -0.15) is 10.5 Å². The van der Waals surface area contributed by atoms with E-state index in [2.05, 4.69) is 0 Å². The van der Waals surface area contributed by atoms with Gasteiger partial charge in [-0.25, -0.2) is 0 Å². The monoisotopic (exact) mass is 300 g/mol. The van der Waals surface area contributed by atoms with Crippen molar-refractivity contribution < 1.29 is 0 Å². The van der Waals surface area contributed by atoms with Crippen LogP contribution < -0.4 is 0 Å². The second kappa shape index (κ2) is 7.01. The number of benzene rings is 1. The Labute approximate surface area is 111 Å². The highest BCUT2D eigenvalue weighted by Gasteiger charge is 2.10. The Kier molecular flexibility index (Phi) is 6.85. The Morgan fingerprint density at radius 2 is 1.07 bits per heavy atom. The lowest BCUT2D eigenvalue weighted by Gasteiger charge is -2.02. The Balaban J connectivity index is 0.000000423. The summed E-state index contributed by atoms with van der Waals surface area (Å²) < 4.78 is 0. The van der Waals surface area contributed by atoms with E-state index in [0.717, 1.165) is 0 Å². The summed E-state index contributed by atoms with van der Waals surface area (Å²) in [7, 11) is 0. The predicted octanol–water partition coefficient (Wildman–Crippen LogP) is 4.99. The smallest absolute Gasteiger partial charge is 0.181 e. The number of nitriles is 2. The lowest BCUT2D eigenvalue weighted by atomic mass is 10.3. The zero-order chi connectivity index (χ0) is 12.0. The molecule has 2 nitrogen and oxygen atoms in total. The first-order valence-corrected chi connectivity index (χ1v) is 5.11. The highest BCUT2D eigenvalue weighted by Crippen LogP contribution is 2.40. The molecule has 0 atom stereocenters. The third-order valence-corrected chi connectivity index (χ3v) is 3.25. The molecule has 0 N–H and O–H groups in total. The van der Waals surface area contributed by atoms with E-state index in [4.69, 9.17) is 68.5 Å². The first-order valence-electron chi connectivity index (χ1n) is 3.22. The van der Waals surface area contributed by atoms with E-state index in [0.29, 0.717) is 10.0 Å². The van der Waals surface area contributed by atoms with E-state index < -0.39 is 0 Å². The van der Waals surface area contributed by atoms with Crippen molar-refractivity contribution in [1.82, 2.24) is 0 Å². The van der Waals surface area contributed by atoms with Crippen LogP contribution in [0.5, 0.6) is 0 Å². The van der Waals surface area contributed by atoms with Gasteiger partial charge in [0.15, 0.2) is 12.1 Å². The molecule has 0 aliphatic heterocycles. The zero-order valence-electron chi connectivity index (χ0n) is 6.86. The van der Waals surface area contributed by atoms with Gasteiger partial charge in [0.05, 0.1) is 25.1 Å². The van der Waals surface area contributed by atoms with E-state index in [-0.39, 0.29) is 15.1 Å².